The standard InChI is InChI=1S/C11H6Cl3NO/c12-7-8(13)10(15-11(16)9(7)14)6-4-2-1-3-5-6/h1-5H,(H,15,16). The van der Waals surface area contributed by atoms with E-state index in [-0.39, 0.29) is 15.1 Å². The first-order valence-corrected chi connectivity index (χ1v) is 5.57. The summed E-state index contributed by atoms with van der Waals surface area (Å²) in [5.41, 5.74) is 0.805. The van der Waals surface area contributed by atoms with E-state index in [1.54, 1.807) is 0 Å². The number of rotatable bonds is 1. The van der Waals surface area contributed by atoms with Crippen LogP contribution in [0.2, 0.25) is 15.1 Å². The van der Waals surface area contributed by atoms with E-state index in [2.05, 4.69) is 4.98 Å². The van der Waals surface area contributed by atoms with E-state index >= 15 is 0 Å². The molecule has 0 saturated heterocycles. The quantitative estimate of drug-likeness (QED) is 0.837. The molecule has 2 aromatic rings. The fourth-order valence-electron chi connectivity index (χ4n) is 1.33. The summed E-state index contributed by atoms with van der Waals surface area (Å²) < 4.78 is 0. The first kappa shape index (κ1) is 11.5. The maximum atomic E-state index is 11.5. The molecule has 1 N–H and O–H groups in total. The first-order chi connectivity index (χ1) is 7.61. The third-order valence-corrected chi connectivity index (χ3v) is 3.42. The summed E-state index contributed by atoms with van der Waals surface area (Å²) in [6.07, 6.45) is 0. The fraction of sp³-hybridized carbons (Fsp3) is 0. The largest absolute Gasteiger partial charge is 0.319 e. The SMILES string of the molecule is O=c1[nH]c(-c2ccccc2)c(Cl)c(Cl)c1Cl. The Morgan fingerprint density at radius 1 is 0.875 bits per heavy atom. The Kier molecular flexibility index (Phi) is 3.24. The van der Waals surface area contributed by atoms with Crippen molar-refractivity contribution < 1.29 is 0 Å². The Morgan fingerprint density at radius 3 is 2.12 bits per heavy atom. The van der Waals surface area contributed by atoms with Crippen molar-refractivity contribution >= 4 is 34.8 Å². The van der Waals surface area contributed by atoms with E-state index in [0.29, 0.717) is 5.69 Å². The Labute approximate surface area is 107 Å². The average molecular weight is 275 g/mol. The normalized spacial score (nSPS) is 10.4. The van der Waals surface area contributed by atoms with Crippen LogP contribution in [0, 0.1) is 0 Å². The van der Waals surface area contributed by atoms with Gasteiger partial charge in [0.05, 0.1) is 15.7 Å². The zero-order chi connectivity index (χ0) is 11.7. The highest BCUT2D eigenvalue weighted by Gasteiger charge is 2.13. The number of halogens is 3. The molecule has 0 amide bonds. The molecule has 1 aromatic carbocycles. The molecule has 16 heavy (non-hydrogen) atoms. The highest BCUT2D eigenvalue weighted by atomic mass is 35.5. The van der Waals surface area contributed by atoms with Crippen molar-refractivity contribution in [2.24, 2.45) is 0 Å². The minimum Gasteiger partial charge on any atom is -0.319 e. The molecule has 0 bridgehead atoms. The van der Waals surface area contributed by atoms with Gasteiger partial charge in [-0.2, -0.15) is 0 Å². The van der Waals surface area contributed by atoms with Crippen molar-refractivity contribution in [2.75, 3.05) is 0 Å². The molecule has 1 aromatic heterocycles. The summed E-state index contributed by atoms with van der Waals surface area (Å²) in [7, 11) is 0. The van der Waals surface area contributed by atoms with Gasteiger partial charge in [-0.15, -0.1) is 0 Å². The van der Waals surface area contributed by atoms with Gasteiger partial charge in [-0.25, -0.2) is 0 Å². The number of hydrogen-bond donors (Lipinski definition) is 1. The van der Waals surface area contributed by atoms with E-state index in [1.165, 1.54) is 0 Å². The van der Waals surface area contributed by atoms with Gasteiger partial charge in [0.2, 0.25) is 0 Å². The van der Waals surface area contributed by atoms with Gasteiger partial charge in [-0.1, -0.05) is 65.1 Å². The molecule has 0 saturated carbocycles. The molecular formula is C11H6Cl3NO. The molecule has 82 valence electrons. The molecule has 0 atom stereocenters. The van der Waals surface area contributed by atoms with Crippen LogP contribution in [0.15, 0.2) is 35.1 Å². The molecule has 0 unspecified atom stereocenters. The molecule has 0 aliphatic carbocycles. The summed E-state index contributed by atoms with van der Waals surface area (Å²) in [5, 5.41) is 0.231. The van der Waals surface area contributed by atoms with Gasteiger partial charge in [0.1, 0.15) is 5.02 Å². The second-order valence-electron chi connectivity index (χ2n) is 3.14. The van der Waals surface area contributed by atoms with Crippen LogP contribution in [0.4, 0.5) is 0 Å². The zero-order valence-electron chi connectivity index (χ0n) is 7.93. The molecule has 5 heteroatoms. The molecule has 2 rings (SSSR count). The molecule has 0 spiro atoms. The van der Waals surface area contributed by atoms with Gasteiger partial charge in [0.25, 0.3) is 5.56 Å². The Hall–Kier alpha value is -0.960. The molecule has 0 radical (unpaired) electrons. The highest BCUT2D eigenvalue weighted by molar-refractivity contribution is 6.48. The van der Waals surface area contributed by atoms with E-state index in [0.717, 1.165) is 5.56 Å². The monoisotopic (exact) mass is 273 g/mol. The van der Waals surface area contributed by atoms with Crippen LogP contribution in [-0.2, 0) is 0 Å². The van der Waals surface area contributed by atoms with Crippen molar-refractivity contribution in [3.05, 3.63) is 55.8 Å². The van der Waals surface area contributed by atoms with Gasteiger partial charge in [-0.05, 0) is 5.56 Å². The molecule has 0 fully saturated rings. The van der Waals surface area contributed by atoms with Crippen LogP contribution >= 0.6 is 34.8 Å². The lowest BCUT2D eigenvalue weighted by Crippen LogP contribution is -2.08. The number of aromatic nitrogens is 1. The second-order valence-corrected chi connectivity index (χ2v) is 4.27. The van der Waals surface area contributed by atoms with Crippen molar-refractivity contribution in [3.8, 4) is 11.3 Å². The summed E-state index contributed by atoms with van der Waals surface area (Å²) >= 11 is 17.6. The van der Waals surface area contributed by atoms with Gasteiger partial charge in [-0.3, -0.25) is 4.79 Å². The maximum Gasteiger partial charge on any atom is 0.268 e. The van der Waals surface area contributed by atoms with Crippen molar-refractivity contribution in [3.63, 3.8) is 0 Å². The smallest absolute Gasteiger partial charge is 0.268 e. The van der Waals surface area contributed by atoms with E-state index in [9.17, 15) is 4.79 Å². The van der Waals surface area contributed by atoms with Gasteiger partial charge < -0.3 is 4.98 Å². The summed E-state index contributed by atoms with van der Waals surface area (Å²) in [5.74, 6) is 0. The lowest BCUT2D eigenvalue weighted by Gasteiger charge is -2.06. The van der Waals surface area contributed by atoms with E-state index in [1.807, 2.05) is 30.3 Å². The fourth-order valence-corrected chi connectivity index (χ4v) is 1.95. The lowest BCUT2D eigenvalue weighted by molar-refractivity contribution is 1.24. The Morgan fingerprint density at radius 2 is 1.50 bits per heavy atom. The van der Waals surface area contributed by atoms with Crippen LogP contribution < -0.4 is 5.56 Å². The molecule has 0 aliphatic rings. The predicted octanol–water partition coefficient (Wildman–Crippen LogP) is 4.00. The molecule has 2 nitrogen and oxygen atoms in total. The first-order valence-electron chi connectivity index (χ1n) is 4.43. The third kappa shape index (κ3) is 1.96. The van der Waals surface area contributed by atoms with E-state index < -0.39 is 5.56 Å². The molecular weight excluding hydrogens is 268 g/mol. The topological polar surface area (TPSA) is 32.9 Å². The van der Waals surface area contributed by atoms with Crippen molar-refractivity contribution in [2.45, 2.75) is 0 Å². The van der Waals surface area contributed by atoms with Crippen LogP contribution in [0.25, 0.3) is 11.3 Å². The van der Waals surface area contributed by atoms with Gasteiger partial charge >= 0.3 is 0 Å². The number of aromatic amines is 1. The van der Waals surface area contributed by atoms with Crippen LogP contribution in [0.1, 0.15) is 0 Å². The summed E-state index contributed by atoms with van der Waals surface area (Å²) in [6, 6.07) is 9.19. The van der Waals surface area contributed by atoms with Crippen LogP contribution in [0.3, 0.4) is 0 Å². The van der Waals surface area contributed by atoms with Crippen LogP contribution in [-0.4, -0.2) is 4.98 Å². The van der Waals surface area contributed by atoms with Gasteiger partial charge in [0.15, 0.2) is 0 Å². The summed E-state index contributed by atoms with van der Waals surface area (Å²) in [6.45, 7) is 0. The number of nitrogens with one attached hydrogen (secondary N) is 1. The minimum absolute atomic E-state index is 0.0749. The molecule has 0 aliphatic heterocycles. The Balaban J connectivity index is 2.73. The Bertz CT molecular complexity index is 578. The number of hydrogen-bond acceptors (Lipinski definition) is 1. The molecule has 1 heterocycles. The zero-order valence-corrected chi connectivity index (χ0v) is 10.2. The highest BCUT2D eigenvalue weighted by Crippen LogP contribution is 2.33. The number of H-pyrrole nitrogens is 1. The average Bonchev–Trinajstić information content (AvgIpc) is 2.32. The minimum atomic E-state index is -0.449. The van der Waals surface area contributed by atoms with E-state index in [4.69, 9.17) is 34.8 Å². The maximum absolute atomic E-state index is 11.5. The van der Waals surface area contributed by atoms with Crippen molar-refractivity contribution in [1.29, 1.82) is 0 Å². The number of benzene rings is 1. The number of pyridine rings is 1. The predicted molar refractivity (Wildman–Crippen MR) is 67.5 cm³/mol. The van der Waals surface area contributed by atoms with Crippen molar-refractivity contribution in [1.82, 2.24) is 4.98 Å². The lowest BCUT2D eigenvalue weighted by atomic mass is 10.1. The summed E-state index contributed by atoms with van der Waals surface area (Å²) in [4.78, 5) is 14.1. The van der Waals surface area contributed by atoms with Gasteiger partial charge in [0, 0.05) is 0 Å². The second kappa shape index (κ2) is 4.50. The third-order valence-electron chi connectivity index (χ3n) is 2.11. The van der Waals surface area contributed by atoms with Crippen LogP contribution in [0.5, 0.6) is 0 Å².